The van der Waals surface area contributed by atoms with E-state index in [1.54, 1.807) is 4.57 Å². The first-order valence-corrected chi connectivity index (χ1v) is 3.30. The van der Waals surface area contributed by atoms with E-state index in [1.807, 2.05) is 0 Å². The monoisotopic (exact) mass is 141 g/mol. The fourth-order valence-electron chi connectivity index (χ4n) is 0.794. The molecule has 0 spiro atoms. The highest BCUT2D eigenvalue weighted by atomic mass is 16.1. The molecule has 0 bridgehead atoms. The minimum atomic E-state index is -0.131. The maximum Gasteiger partial charge on any atom is 0.343 e. The smallest absolute Gasteiger partial charge is 0.281 e. The molecule has 1 heterocycles. The molecule has 0 amide bonds. The van der Waals surface area contributed by atoms with Gasteiger partial charge in [0.2, 0.25) is 0 Å². The van der Waals surface area contributed by atoms with E-state index in [-0.39, 0.29) is 5.69 Å². The summed E-state index contributed by atoms with van der Waals surface area (Å²) in [6.07, 6.45) is 1.52. The van der Waals surface area contributed by atoms with Crippen molar-refractivity contribution in [2.24, 2.45) is 5.92 Å². The Bertz CT molecular complexity index is 247. The van der Waals surface area contributed by atoms with Crippen molar-refractivity contribution in [1.29, 1.82) is 0 Å². The van der Waals surface area contributed by atoms with E-state index in [4.69, 9.17) is 0 Å². The number of rotatable bonds is 2. The zero-order valence-electron chi connectivity index (χ0n) is 6.16. The number of hydrogen-bond acceptors (Lipinski definition) is 2. The molecule has 0 radical (unpaired) electrons. The Kier molecular flexibility index (Phi) is 1.89. The van der Waals surface area contributed by atoms with Crippen molar-refractivity contribution in [3.8, 4) is 0 Å². The summed E-state index contributed by atoms with van der Waals surface area (Å²) in [7, 11) is 0. The van der Waals surface area contributed by atoms with Gasteiger partial charge in [0, 0.05) is 6.54 Å². The third-order valence-corrected chi connectivity index (χ3v) is 1.18. The fourth-order valence-corrected chi connectivity index (χ4v) is 0.794. The van der Waals surface area contributed by atoms with E-state index in [2.05, 4.69) is 24.0 Å². The van der Waals surface area contributed by atoms with Gasteiger partial charge in [-0.2, -0.15) is 5.10 Å². The average molecular weight is 141 g/mol. The standard InChI is InChI=1S/C6H11N3O/c1-5(2)3-9-4-7-8-6(9)10/h4-5H,3H2,1-2H3,(H,8,10). The molecule has 0 fully saturated rings. The predicted octanol–water partition coefficient (Wildman–Crippen LogP) is 0.227. The van der Waals surface area contributed by atoms with Crippen molar-refractivity contribution >= 4 is 0 Å². The van der Waals surface area contributed by atoms with Crippen LogP contribution in [0.4, 0.5) is 0 Å². The molecule has 4 heteroatoms. The Balaban J connectivity index is 2.75. The molecule has 0 saturated heterocycles. The summed E-state index contributed by atoms with van der Waals surface area (Å²) in [4.78, 5) is 10.8. The molecule has 4 nitrogen and oxygen atoms in total. The Hall–Kier alpha value is -1.06. The summed E-state index contributed by atoms with van der Waals surface area (Å²) in [6.45, 7) is 4.84. The molecule has 1 N–H and O–H groups in total. The van der Waals surface area contributed by atoms with Crippen LogP contribution in [0.3, 0.4) is 0 Å². The zero-order valence-corrected chi connectivity index (χ0v) is 6.16. The van der Waals surface area contributed by atoms with E-state index in [0.29, 0.717) is 5.92 Å². The number of nitrogens with one attached hydrogen (secondary N) is 1. The molecule has 0 aliphatic carbocycles. The second-order valence-corrected chi connectivity index (χ2v) is 2.71. The van der Waals surface area contributed by atoms with Crippen LogP contribution in [0, 0.1) is 5.92 Å². The molecule has 1 aromatic rings. The van der Waals surface area contributed by atoms with Gasteiger partial charge in [-0.25, -0.2) is 9.89 Å². The van der Waals surface area contributed by atoms with Gasteiger partial charge in [0.05, 0.1) is 0 Å². The maximum atomic E-state index is 10.8. The predicted molar refractivity (Wildman–Crippen MR) is 37.7 cm³/mol. The molecule has 0 aromatic carbocycles. The molecule has 56 valence electrons. The SMILES string of the molecule is CC(C)Cn1cn[nH]c1=O. The van der Waals surface area contributed by atoms with Gasteiger partial charge in [0.15, 0.2) is 0 Å². The first kappa shape index (κ1) is 7.05. The van der Waals surface area contributed by atoms with Crippen LogP contribution < -0.4 is 5.69 Å². The molecular weight excluding hydrogens is 130 g/mol. The van der Waals surface area contributed by atoms with Gasteiger partial charge in [0.1, 0.15) is 6.33 Å². The van der Waals surface area contributed by atoms with Crippen molar-refractivity contribution in [3.63, 3.8) is 0 Å². The largest absolute Gasteiger partial charge is 0.343 e. The molecule has 0 saturated carbocycles. The summed E-state index contributed by atoms with van der Waals surface area (Å²) in [6, 6.07) is 0. The topological polar surface area (TPSA) is 50.7 Å². The van der Waals surface area contributed by atoms with E-state index in [0.717, 1.165) is 6.54 Å². The van der Waals surface area contributed by atoms with E-state index in [1.165, 1.54) is 6.33 Å². The van der Waals surface area contributed by atoms with Gasteiger partial charge in [-0.1, -0.05) is 13.8 Å². The average Bonchev–Trinajstić information content (AvgIpc) is 2.15. The highest BCUT2D eigenvalue weighted by Gasteiger charge is 1.98. The summed E-state index contributed by atoms with van der Waals surface area (Å²) in [5.41, 5.74) is -0.131. The van der Waals surface area contributed by atoms with E-state index < -0.39 is 0 Å². The minimum Gasteiger partial charge on any atom is -0.281 e. The van der Waals surface area contributed by atoms with E-state index in [9.17, 15) is 4.79 Å². The van der Waals surface area contributed by atoms with Gasteiger partial charge in [0.25, 0.3) is 0 Å². The zero-order chi connectivity index (χ0) is 7.56. The van der Waals surface area contributed by atoms with Crippen molar-refractivity contribution in [3.05, 3.63) is 16.8 Å². The van der Waals surface area contributed by atoms with Gasteiger partial charge in [-0.15, -0.1) is 0 Å². The summed E-state index contributed by atoms with van der Waals surface area (Å²) >= 11 is 0. The lowest BCUT2D eigenvalue weighted by Crippen LogP contribution is -2.18. The normalized spacial score (nSPS) is 10.7. The van der Waals surface area contributed by atoms with E-state index >= 15 is 0 Å². The number of aromatic amines is 1. The number of nitrogens with zero attached hydrogens (tertiary/aromatic N) is 2. The molecular formula is C6H11N3O. The van der Waals surface area contributed by atoms with Gasteiger partial charge >= 0.3 is 5.69 Å². The lowest BCUT2D eigenvalue weighted by molar-refractivity contribution is 0.511. The molecule has 0 aliphatic rings. The van der Waals surface area contributed by atoms with Crippen molar-refractivity contribution in [2.45, 2.75) is 20.4 Å². The van der Waals surface area contributed by atoms with Gasteiger partial charge < -0.3 is 0 Å². The highest BCUT2D eigenvalue weighted by Crippen LogP contribution is 1.92. The van der Waals surface area contributed by atoms with Crippen LogP contribution in [0.1, 0.15) is 13.8 Å². The van der Waals surface area contributed by atoms with Crippen LogP contribution in [-0.4, -0.2) is 14.8 Å². The molecule has 10 heavy (non-hydrogen) atoms. The quantitative estimate of drug-likeness (QED) is 0.640. The molecule has 1 rings (SSSR count). The number of H-pyrrole nitrogens is 1. The molecule has 0 unspecified atom stereocenters. The van der Waals surface area contributed by atoms with Crippen molar-refractivity contribution < 1.29 is 0 Å². The summed E-state index contributed by atoms with van der Waals surface area (Å²) < 4.78 is 1.56. The summed E-state index contributed by atoms with van der Waals surface area (Å²) in [5.74, 6) is 0.482. The Morgan fingerprint density at radius 1 is 1.80 bits per heavy atom. The maximum absolute atomic E-state index is 10.8. The van der Waals surface area contributed by atoms with Crippen LogP contribution in [0.2, 0.25) is 0 Å². The van der Waals surface area contributed by atoms with Crippen LogP contribution in [0.5, 0.6) is 0 Å². The van der Waals surface area contributed by atoms with Gasteiger partial charge in [-0.3, -0.25) is 4.57 Å². The van der Waals surface area contributed by atoms with Crippen LogP contribution in [0.15, 0.2) is 11.1 Å². The third-order valence-electron chi connectivity index (χ3n) is 1.18. The number of hydrogen-bond donors (Lipinski definition) is 1. The van der Waals surface area contributed by atoms with Crippen LogP contribution in [0.25, 0.3) is 0 Å². The van der Waals surface area contributed by atoms with Crippen LogP contribution >= 0.6 is 0 Å². The second-order valence-electron chi connectivity index (χ2n) is 2.71. The Labute approximate surface area is 58.9 Å². The first-order valence-electron chi connectivity index (χ1n) is 3.30. The first-order chi connectivity index (χ1) is 4.70. The van der Waals surface area contributed by atoms with Crippen molar-refractivity contribution in [1.82, 2.24) is 14.8 Å². The van der Waals surface area contributed by atoms with Crippen molar-refractivity contribution in [2.75, 3.05) is 0 Å². The number of aromatic nitrogens is 3. The lowest BCUT2D eigenvalue weighted by atomic mass is 10.2. The molecule has 1 aromatic heterocycles. The Morgan fingerprint density at radius 2 is 2.50 bits per heavy atom. The molecule has 0 atom stereocenters. The second kappa shape index (κ2) is 2.68. The molecule has 0 aliphatic heterocycles. The lowest BCUT2D eigenvalue weighted by Gasteiger charge is -2.01. The Morgan fingerprint density at radius 3 is 2.90 bits per heavy atom. The van der Waals surface area contributed by atoms with Gasteiger partial charge in [-0.05, 0) is 5.92 Å². The summed E-state index contributed by atoms with van der Waals surface area (Å²) in [5, 5.41) is 5.93. The third kappa shape index (κ3) is 1.46. The fraction of sp³-hybridized carbons (Fsp3) is 0.667. The van der Waals surface area contributed by atoms with Crippen LogP contribution in [-0.2, 0) is 6.54 Å². The minimum absolute atomic E-state index is 0.131. The highest BCUT2D eigenvalue weighted by molar-refractivity contribution is 4.63.